The molecule has 1 fully saturated rings. The zero-order valence-electron chi connectivity index (χ0n) is 15.7. The third kappa shape index (κ3) is 6.33. The van der Waals surface area contributed by atoms with Gasteiger partial charge in [0.15, 0.2) is 0 Å². The van der Waals surface area contributed by atoms with Crippen LogP contribution in [0.2, 0.25) is 0 Å². The lowest BCUT2D eigenvalue weighted by molar-refractivity contribution is -0.138. The van der Waals surface area contributed by atoms with Crippen molar-refractivity contribution in [2.75, 3.05) is 20.1 Å². The fourth-order valence-electron chi connectivity index (χ4n) is 3.61. The molecular weight excluding hydrogens is 316 g/mol. The number of ether oxygens (including phenoxy) is 1. The first kappa shape index (κ1) is 19.7. The number of hydroxylamine groups is 1. The van der Waals surface area contributed by atoms with Crippen molar-refractivity contribution >= 4 is 5.91 Å². The molecular formula is C20H32N2O3. The number of para-hydroxylation sites is 1. The maximum Gasteiger partial charge on any atom is 0.250 e. The highest BCUT2D eigenvalue weighted by atomic mass is 16.5. The van der Waals surface area contributed by atoms with Crippen molar-refractivity contribution in [3.8, 4) is 5.75 Å². The fourth-order valence-corrected chi connectivity index (χ4v) is 3.61. The lowest BCUT2D eigenvalue weighted by Crippen LogP contribution is -2.43. The first-order chi connectivity index (χ1) is 11.9. The highest BCUT2D eigenvalue weighted by molar-refractivity contribution is 5.80. The predicted octanol–water partition coefficient (Wildman–Crippen LogP) is 3.48. The SMILES string of the molecule is CN(CCC1CCC(Oc2ccccc2)CC1)CC(C)(C)C(=O)NO. The zero-order chi connectivity index (χ0) is 18.3. The summed E-state index contributed by atoms with van der Waals surface area (Å²) in [6.07, 6.45) is 6.11. The molecule has 140 valence electrons. The van der Waals surface area contributed by atoms with Crippen LogP contribution in [0.25, 0.3) is 0 Å². The van der Waals surface area contributed by atoms with E-state index in [4.69, 9.17) is 9.94 Å². The molecule has 1 aliphatic rings. The van der Waals surface area contributed by atoms with Gasteiger partial charge in [-0.2, -0.15) is 0 Å². The van der Waals surface area contributed by atoms with Gasteiger partial charge in [0.25, 0.3) is 0 Å². The van der Waals surface area contributed by atoms with Gasteiger partial charge in [0.05, 0.1) is 11.5 Å². The summed E-state index contributed by atoms with van der Waals surface area (Å²) in [5.74, 6) is 1.36. The van der Waals surface area contributed by atoms with Crippen molar-refractivity contribution in [2.45, 2.75) is 52.1 Å². The molecule has 0 saturated heterocycles. The van der Waals surface area contributed by atoms with Crippen LogP contribution in [0.1, 0.15) is 46.0 Å². The van der Waals surface area contributed by atoms with Crippen LogP contribution in [0.4, 0.5) is 0 Å². The molecule has 0 bridgehead atoms. The molecule has 5 heteroatoms. The molecule has 0 aromatic heterocycles. The molecule has 0 atom stereocenters. The molecule has 0 radical (unpaired) electrons. The van der Waals surface area contributed by atoms with Gasteiger partial charge in [-0.15, -0.1) is 0 Å². The summed E-state index contributed by atoms with van der Waals surface area (Å²) < 4.78 is 6.06. The molecule has 1 aromatic rings. The number of amides is 1. The van der Waals surface area contributed by atoms with Gasteiger partial charge in [0.1, 0.15) is 5.75 Å². The minimum atomic E-state index is -0.593. The number of rotatable bonds is 8. The molecule has 1 aliphatic carbocycles. The van der Waals surface area contributed by atoms with Crippen molar-refractivity contribution < 1.29 is 14.7 Å². The average molecular weight is 348 g/mol. The second-order valence-electron chi connectivity index (χ2n) is 7.92. The quantitative estimate of drug-likeness (QED) is 0.558. The van der Waals surface area contributed by atoms with Crippen molar-refractivity contribution in [1.82, 2.24) is 10.4 Å². The van der Waals surface area contributed by atoms with Crippen LogP contribution < -0.4 is 10.2 Å². The van der Waals surface area contributed by atoms with Gasteiger partial charge in [-0.1, -0.05) is 18.2 Å². The fraction of sp³-hybridized carbons (Fsp3) is 0.650. The summed E-state index contributed by atoms with van der Waals surface area (Å²) in [5, 5.41) is 8.82. The van der Waals surface area contributed by atoms with Gasteiger partial charge in [-0.05, 0) is 77.6 Å². The Balaban J connectivity index is 1.67. The topological polar surface area (TPSA) is 61.8 Å². The number of benzene rings is 1. The van der Waals surface area contributed by atoms with Crippen LogP contribution in [0.3, 0.4) is 0 Å². The Morgan fingerprint density at radius 2 is 1.88 bits per heavy atom. The van der Waals surface area contributed by atoms with Crippen LogP contribution in [0.5, 0.6) is 5.75 Å². The van der Waals surface area contributed by atoms with Crippen molar-refractivity contribution in [3.63, 3.8) is 0 Å². The molecule has 2 rings (SSSR count). The minimum absolute atomic E-state index is 0.335. The molecule has 0 aliphatic heterocycles. The maximum atomic E-state index is 11.7. The van der Waals surface area contributed by atoms with Gasteiger partial charge >= 0.3 is 0 Å². The summed E-state index contributed by atoms with van der Waals surface area (Å²) in [7, 11) is 2.04. The molecule has 0 spiro atoms. The van der Waals surface area contributed by atoms with Crippen LogP contribution in [-0.2, 0) is 4.79 Å². The number of carbonyl (C=O) groups excluding carboxylic acids is 1. The van der Waals surface area contributed by atoms with E-state index in [-0.39, 0.29) is 5.91 Å². The minimum Gasteiger partial charge on any atom is -0.490 e. The number of nitrogens with one attached hydrogen (secondary N) is 1. The highest BCUT2D eigenvalue weighted by Gasteiger charge is 2.29. The summed E-state index contributed by atoms with van der Waals surface area (Å²) in [6.45, 7) is 5.30. The van der Waals surface area contributed by atoms with Crippen LogP contribution in [0.15, 0.2) is 30.3 Å². The summed E-state index contributed by atoms with van der Waals surface area (Å²) in [4.78, 5) is 13.8. The number of hydrogen-bond donors (Lipinski definition) is 2. The number of nitrogens with zero attached hydrogens (tertiary/aromatic N) is 1. The van der Waals surface area contributed by atoms with E-state index in [1.54, 1.807) is 5.48 Å². The van der Waals surface area contributed by atoms with Gasteiger partial charge in [0, 0.05) is 6.54 Å². The van der Waals surface area contributed by atoms with E-state index in [0.29, 0.717) is 12.6 Å². The van der Waals surface area contributed by atoms with Gasteiger partial charge in [-0.3, -0.25) is 10.0 Å². The maximum absolute atomic E-state index is 11.7. The molecule has 1 aromatic carbocycles. The Morgan fingerprint density at radius 3 is 2.48 bits per heavy atom. The molecule has 0 heterocycles. The van der Waals surface area contributed by atoms with E-state index in [1.807, 2.05) is 51.2 Å². The zero-order valence-corrected chi connectivity index (χ0v) is 15.7. The van der Waals surface area contributed by atoms with Crippen LogP contribution in [-0.4, -0.2) is 42.3 Å². The molecule has 0 unspecified atom stereocenters. The standard InChI is InChI=1S/C20H32N2O3/c1-20(2,19(23)21-24)15-22(3)14-13-16-9-11-18(12-10-16)25-17-7-5-4-6-8-17/h4-8,16,18,24H,9-15H2,1-3H3,(H,21,23). The smallest absolute Gasteiger partial charge is 0.250 e. The van der Waals surface area contributed by atoms with E-state index < -0.39 is 5.41 Å². The summed E-state index contributed by atoms with van der Waals surface area (Å²) in [6, 6.07) is 10.1. The third-order valence-corrected chi connectivity index (χ3v) is 5.14. The van der Waals surface area contributed by atoms with E-state index in [9.17, 15) is 4.79 Å². The average Bonchev–Trinajstić information content (AvgIpc) is 2.61. The Hall–Kier alpha value is -1.59. The van der Waals surface area contributed by atoms with E-state index in [2.05, 4.69) is 4.90 Å². The van der Waals surface area contributed by atoms with Crippen molar-refractivity contribution in [1.29, 1.82) is 0 Å². The molecule has 25 heavy (non-hydrogen) atoms. The second-order valence-corrected chi connectivity index (χ2v) is 7.92. The Kier molecular flexibility index (Phi) is 7.26. The molecule has 1 saturated carbocycles. The molecule has 5 nitrogen and oxygen atoms in total. The first-order valence-electron chi connectivity index (χ1n) is 9.25. The molecule has 2 N–H and O–H groups in total. The van der Waals surface area contributed by atoms with Gasteiger partial charge in [0.2, 0.25) is 5.91 Å². The van der Waals surface area contributed by atoms with Gasteiger partial charge in [-0.25, -0.2) is 5.48 Å². The summed E-state index contributed by atoms with van der Waals surface area (Å²) >= 11 is 0. The van der Waals surface area contributed by atoms with E-state index in [0.717, 1.165) is 37.5 Å². The predicted molar refractivity (Wildman–Crippen MR) is 98.6 cm³/mol. The van der Waals surface area contributed by atoms with E-state index in [1.165, 1.54) is 12.8 Å². The Bertz CT molecular complexity index is 525. The van der Waals surface area contributed by atoms with Crippen molar-refractivity contribution in [3.05, 3.63) is 30.3 Å². The van der Waals surface area contributed by atoms with E-state index >= 15 is 0 Å². The summed E-state index contributed by atoms with van der Waals surface area (Å²) in [5.41, 5.74) is 1.17. The normalized spacial score (nSPS) is 21.2. The second kappa shape index (κ2) is 9.20. The lowest BCUT2D eigenvalue weighted by Gasteiger charge is -2.32. The largest absolute Gasteiger partial charge is 0.490 e. The Labute approximate surface area is 151 Å². The highest BCUT2D eigenvalue weighted by Crippen LogP contribution is 2.30. The molecule has 1 amide bonds. The Morgan fingerprint density at radius 1 is 1.24 bits per heavy atom. The van der Waals surface area contributed by atoms with Gasteiger partial charge < -0.3 is 9.64 Å². The number of carbonyl (C=O) groups is 1. The monoisotopic (exact) mass is 348 g/mol. The lowest BCUT2D eigenvalue weighted by atomic mass is 9.85. The third-order valence-electron chi connectivity index (χ3n) is 5.14. The number of hydrogen-bond acceptors (Lipinski definition) is 4. The first-order valence-corrected chi connectivity index (χ1v) is 9.25. The van der Waals surface area contributed by atoms with Crippen LogP contribution in [0, 0.1) is 11.3 Å². The van der Waals surface area contributed by atoms with Crippen LogP contribution >= 0.6 is 0 Å². The van der Waals surface area contributed by atoms with Crippen molar-refractivity contribution in [2.24, 2.45) is 11.3 Å².